The van der Waals surface area contributed by atoms with Gasteiger partial charge in [0, 0.05) is 33.2 Å². The predicted octanol–water partition coefficient (Wildman–Crippen LogP) is 8.07. The molecule has 0 saturated heterocycles. The average Bonchev–Trinajstić information content (AvgIpc) is 3.55. The number of methoxy groups -OCH3 is 1. The van der Waals surface area contributed by atoms with E-state index in [4.69, 9.17) is 14.2 Å². The number of hydrazine groups is 1. The van der Waals surface area contributed by atoms with E-state index in [9.17, 15) is 19.2 Å². The third-order valence-electron chi connectivity index (χ3n) is 7.03. The van der Waals surface area contributed by atoms with Gasteiger partial charge in [0.05, 0.1) is 12.6 Å². The molecule has 4 rings (SSSR count). The summed E-state index contributed by atoms with van der Waals surface area (Å²) in [6.45, 7) is 10.5. The van der Waals surface area contributed by atoms with E-state index in [1.54, 1.807) is 88.4 Å². The fourth-order valence-electron chi connectivity index (χ4n) is 4.95. The Morgan fingerprint density at radius 3 is 2.09 bits per heavy atom. The van der Waals surface area contributed by atoms with Crippen LogP contribution in [-0.2, 0) is 14.3 Å². The number of hydrogen-bond acceptors (Lipinski definition) is 8. The molecule has 244 valence electrons. The number of ether oxygens (including phenoxy) is 3. The van der Waals surface area contributed by atoms with Crippen molar-refractivity contribution in [3.05, 3.63) is 129 Å². The second-order valence-corrected chi connectivity index (χ2v) is 12.8. The molecule has 0 aliphatic heterocycles. The van der Waals surface area contributed by atoms with Crippen molar-refractivity contribution in [3.63, 3.8) is 0 Å². The zero-order valence-electron chi connectivity index (χ0n) is 27.5. The van der Waals surface area contributed by atoms with E-state index in [1.807, 2.05) is 37.4 Å². The van der Waals surface area contributed by atoms with Gasteiger partial charge in [0.1, 0.15) is 5.75 Å². The Morgan fingerprint density at radius 2 is 1.49 bits per heavy atom. The fourth-order valence-corrected chi connectivity index (χ4v) is 5.56. The van der Waals surface area contributed by atoms with Crippen LogP contribution in [0.1, 0.15) is 74.9 Å². The summed E-state index contributed by atoms with van der Waals surface area (Å²) in [7, 11) is 1.47. The van der Waals surface area contributed by atoms with Crippen LogP contribution in [0, 0.1) is 20.8 Å². The lowest BCUT2D eigenvalue weighted by Gasteiger charge is -2.41. The lowest BCUT2D eigenvalue weighted by atomic mass is 10.0. The van der Waals surface area contributed by atoms with Crippen LogP contribution in [0.5, 0.6) is 5.75 Å². The SMILES string of the molecule is COc1cccc(C(=O)N(C(=O)OC(OC(=O)/C=C/c2cccs2)c2ccccc2)N(C(=O)c2cc(C)cc(C)c2)C(C)(C)C)c1C. The van der Waals surface area contributed by atoms with Gasteiger partial charge in [-0.15, -0.1) is 16.3 Å². The summed E-state index contributed by atoms with van der Waals surface area (Å²) in [5.74, 6) is -1.81. The van der Waals surface area contributed by atoms with Crippen molar-refractivity contribution < 1.29 is 33.4 Å². The van der Waals surface area contributed by atoms with Gasteiger partial charge in [0.25, 0.3) is 18.1 Å². The molecule has 1 unspecified atom stereocenters. The van der Waals surface area contributed by atoms with Crippen molar-refractivity contribution in [2.24, 2.45) is 0 Å². The van der Waals surface area contributed by atoms with E-state index in [0.717, 1.165) is 21.0 Å². The van der Waals surface area contributed by atoms with E-state index in [0.29, 0.717) is 21.9 Å². The molecule has 0 radical (unpaired) electrons. The first-order valence-electron chi connectivity index (χ1n) is 14.9. The first-order chi connectivity index (χ1) is 22.3. The van der Waals surface area contributed by atoms with Crippen molar-refractivity contribution in [2.45, 2.75) is 53.4 Å². The highest BCUT2D eigenvalue weighted by molar-refractivity contribution is 7.10. The largest absolute Gasteiger partial charge is 0.496 e. The number of amides is 3. The van der Waals surface area contributed by atoms with Crippen molar-refractivity contribution in [3.8, 4) is 5.75 Å². The molecule has 3 aromatic carbocycles. The molecule has 47 heavy (non-hydrogen) atoms. The Morgan fingerprint density at radius 1 is 0.809 bits per heavy atom. The minimum atomic E-state index is -1.55. The van der Waals surface area contributed by atoms with Crippen molar-refractivity contribution >= 4 is 41.3 Å². The van der Waals surface area contributed by atoms with Gasteiger partial charge in [0.15, 0.2) is 0 Å². The van der Waals surface area contributed by atoms with Gasteiger partial charge in [-0.3, -0.25) is 9.59 Å². The molecule has 1 aromatic heterocycles. The van der Waals surface area contributed by atoms with Gasteiger partial charge < -0.3 is 14.2 Å². The second-order valence-electron chi connectivity index (χ2n) is 11.8. The molecule has 0 N–H and O–H groups in total. The molecular formula is C37H38N2O7S. The molecular weight excluding hydrogens is 616 g/mol. The number of thiophene rings is 1. The molecule has 0 spiro atoms. The van der Waals surface area contributed by atoms with Crippen molar-refractivity contribution in [2.75, 3.05) is 7.11 Å². The molecule has 0 aliphatic rings. The van der Waals surface area contributed by atoms with Gasteiger partial charge in [-0.05, 0) is 83.3 Å². The normalized spacial score (nSPS) is 11.9. The maximum atomic E-state index is 14.5. The maximum absolute atomic E-state index is 14.5. The number of esters is 1. The number of imide groups is 1. The van der Waals surface area contributed by atoms with E-state index < -0.39 is 35.7 Å². The lowest BCUT2D eigenvalue weighted by molar-refractivity contribution is -0.166. The van der Waals surface area contributed by atoms with Crippen LogP contribution in [0.4, 0.5) is 4.79 Å². The quantitative estimate of drug-likeness (QED) is 0.0819. The highest BCUT2D eigenvalue weighted by Gasteiger charge is 2.42. The number of benzene rings is 3. The van der Waals surface area contributed by atoms with Gasteiger partial charge in [-0.2, -0.15) is 0 Å². The minimum absolute atomic E-state index is 0.107. The Hall–Kier alpha value is -5.22. The smallest absolute Gasteiger partial charge is 0.439 e. The first kappa shape index (κ1) is 34.6. The van der Waals surface area contributed by atoms with Crippen LogP contribution in [-0.4, -0.2) is 46.5 Å². The topological polar surface area (TPSA) is 102 Å². The average molecular weight is 655 g/mol. The van der Waals surface area contributed by atoms with E-state index >= 15 is 0 Å². The lowest BCUT2D eigenvalue weighted by Crippen LogP contribution is -2.60. The third-order valence-corrected chi connectivity index (χ3v) is 7.86. The van der Waals surface area contributed by atoms with Gasteiger partial charge in [0.2, 0.25) is 0 Å². The molecule has 9 nitrogen and oxygen atoms in total. The Labute approximate surface area is 279 Å². The monoisotopic (exact) mass is 654 g/mol. The Balaban J connectivity index is 1.81. The van der Waals surface area contributed by atoms with Crippen LogP contribution in [0.2, 0.25) is 0 Å². The number of nitrogens with zero attached hydrogens (tertiary/aromatic N) is 2. The van der Waals surface area contributed by atoms with Gasteiger partial charge >= 0.3 is 12.1 Å². The molecule has 0 aliphatic carbocycles. The van der Waals surface area contributed by atoms with E-state index in [1.165, 1.54) is 30.6 Å². The zero-order valence-corrected chi connectivity index (χ0v) is 28.3. The van der Waals surface area contributed by atoms with Crippen LogP contribution < -0.4 is 4.74 Å². The standard InChI is InChI=1S/C37H38N2O7S/c1-24-21-25(2)23-28(22-24)33(41)39(37(4,5)6)38(34(42)30-16-11-17-31(44-7)26(30)3)36(43)46-35(27-13-9-8-10-14-27)45-32(40)19-18-29-15-12-20-47-29/h8-23,35H,1-7H3/b19-18+. The molecule has 0 bridgehead atoms. The first-order valence-corrected chi connectivity index (χ1v) is 15.8. The number of carbonyl (C=O) groups excluding carboxylic acids is 4. The van der Waals surface area contributed by atoms with Crippen LogP contribution in [0.3, 0.4) is 0 Å². The van der Waals surface area contributed by atoms with Crippen molar-refractivity contribution in [1.29, 1.82) is 0 Å². The Kier molecular flexibility index (Phi) is 11.0. The highest BCUT2D eigenvalue weighted by atomic mass is 32.1. The van der Waals surface area contributed by atoms with E-state index in [-0.39, 0.29) is 11.1 Å². The number of aryl methyl sites for hydroxylation is 2. The molecule has 10 heteroatoms. The number of carbonyl (C=O) groups is 4. The third kappa shape index (κ3) is 8.53. The summed E-state index contributed by atoms with van der Waals surface area (Å²) in [6, 6.07) is 22.2. The number of hydrogen-bond donors (Lipinski definition) is 0. The Bertz CT molecular complexity index is 1760. The molecule has 1 heterocycles. The zero-order chi connectivity index (χ0) is 34.3. The molecule has 1 atom stereocenters. The predicted molar refractivity (Wildman–Crippen MR) is 181 cm³/mol. The van der Waals surface area contributed by atoms with Crippen LogP contribution in [0.15, 0.2) is 90.3 Å². The summed E-state index contributed by atoms with van der Waals surface area (Å²) in [5.41, 5.74) is 1.72. The van der Waals surface area contributed by atoms with Gasteiger partial charge in [-0.25, -0.2) is 14.6 Å². The second kappa shape index (κ2) is 14.9. The van der Waals surface area contributed by atoms with Crippen LogP contribution in [0.25, 0.3) is 6.08 Å². The van der Waals surface area contributed by atoms with Crippen LogP contribution >= 0.6 is 11.3 Å². The summed E-state index contributed by atoms with van der Waals surface area (Å²) in [4.78, 5) is 56.9. The molecule has 3 amide bonds. The van der Waals surface area contributed by atoms with E-state index in [2.05, 4.69) is 0 Å². The highest BCUT2D eigenvalue weighted by Crippen LogP contribution is 2.29. The van der Waals surface area contributed by atoms with Gasteiger partial charge in [-0.1, -0.05) is 59.7 Å². The maximum Gasteiger partial charge on any atom is 0.439 e. The summed E-state index contributed by atoms with van der Waals surface area (Å²) >= 11 is 1.44. The number of rotatable bonds is 8. The summed E-state index contributed by atoms with van der Waals surface area (Å²) in [6.07, 6.45) is 0.0310. The minimum Gasteiger partial charge on any atom is -0.496 e. The van der Waals surface area contributed by atoms with Crippen molar-refractivity contribution in [1.82, 2.24) is 10.0 Å². The molecule has 0 saturated carbocycles. The fraction of sp³-hybridized carbons (Fsp3) is 0.243. The molecule has 4 aromatic rings. The summed E-state index contributed by atoms with van der Waals surface area (Å²) < 4.78 is 16.9. The molecule has 0 fully saturated rings. The summed E-state index contributed by atoms with van der Waals surface area (Å²) in [5, 5.41) is 3.62.